The standard InChI is InChI=1S/C15H22N2O2S/c1-11(15(18)17-8-7-12(9-16)10-17)19-13-3-5-14(20-2)6-4-13/h3-6,11-12H,7-10,16H2,1-2H3. The molecule has 1 aliphatic heterocycles. The molecule has 20 heavy (non-hydrogen) atoms. The van der Waals surface area contributed by atoms with E-state index in [9.17, 15) is 4.79 Å². The molecule has 1 fully saturated rings. The molecule has 0 bridgehead atoms. The second-order valence-corrected chi connectivity index (χ2v) is 5.99. The van der Waals surface area contributed by atoms with Crippen molar-refractivity contribution in [3.63, 3.8) is 0 Å². The van der Waals surface area contributed by atoms with Crippen molar-refractivity contribution in [2.45, 2.75) is 24.3 Å². The highest BCUT2D eigenvalue weighted by atomic mass is 32.2. The van der Waals surface area contributed by atoms with Crippen molar-refractivity contribution in [3.05, 3.63) is 24.3 Å². The van der Waals surface area contributed by atoms with Crippen molar-refractivity contribution < 1.29 is 9.53 Å². The molecule has 1 aromatic carbocycles. The minimum atomic E-state index is -0.452. The lowest BCUT2D eigenvalue weighted by atomic mass is 10.1. The van der Waals surface area contributed by atoms with Crippen molar-refractivity contribution >= 4 is 17.7 Å². The van der Waals surface area contributed by atoms with Gasteiger partial charge in [-0.3, -0.25) is 4.79 Å². The lowest BCUT2D eigenvalue weighted by Gasteiger charge is -2.21. The van der Waals surface area contributed by atoms with Gasteiger partial charge >= 0.3 is 0 Å². The summed E-state index contributed by atoms with van der Waals surface area (Å²) in [7, 11) is 0. The van der Waals surface area contributed by atoms with Crippen LogP contribution in [0.3, 0.4) is 0 Å². The van der Waals surface area contributed by atoms with Gasteiger partial charge in [-0.05, 0) is 56.3 Å². The van der Waals surface area contributed by atoms with Gasteiger partial charge in [0.25, 0.3) is 5.91 Å². The molecular weight excluding hydrogens is 272 g/mol. The quantitative estimate of drug-likeness (QED) is 0.844. The SMILES string of the molecule is CSc1ccc(OC(C)C(=O)N2CCC(CN)C2)cc1. The normalized spacial score (nSPS) is 19.9. The fourth-order valence-corrected chi connectivity index (χ4v) is 2.80. The minimum absolute atomic E-state index is 0.0508. The number of amides is 1. The second kappa shape index (κ2) is 6.99. The molecule has 0 radical (unpaired) electrons. The van der Waals surface area contributed by atoms with Crippen LogP contribution in [0.5, 0.6) is 5.75 Å². The van der Waals surface area contributed by atoms with Crippen LogP contribution in [0.25, 0.3) is 0 Å². The van der Waals surface area contributed by atoms with Crippen LogP contribution in [-0.2, 0) is 4.79 Å². The van der Waals surface area contributed by atoms with Crippen LogP contribution in [0.15, 0.2) is 29.2 Å². The molecule has 110 valence electrons. The van der Waals surface area contributed by atoms with E-state index in [4.69, 9.17) is 10.5 Å². The number of hydrogen-bond acceptors (Lipinski definition) is 4. The molecular formula is C15H22N2O2S. The van der Waals surface area contributed by atoms with Crippen LogP contribution in [0.2, 0.25) is 0 Å². The first kappa shape index (κ1) is 15.2. The Bertz CT molecular complexity index is 450. The maximum absolute atomic E-state index is 12.3. The van der Waals surface area contributed by atoms with E-state index in [1.165, 1.54) is 4.90 Å². The van der Waals surface area contributed by atoms with Crippen molar-refractivity contribution in [2.24, 2.45) is 11.7 Å². The summed E-state index contributed by atoms with van der Waals surface area (Å²) in [4.78, 5) is 15.3. The van der Waals surface area contributed by atoms with Gasteiger partial charge in [0.15, 0.2) is 6.10 Å². The lowest BCUT2D eigenvalue weighted by molar-refractivity contribution is -0.136. The van der Waals surface area contributed by atoms with Crippen molar-refractivity contribution in [2.75, 3.05) is 25.9 Å². The van der Waals surface area contributed by atoms with E-state index in [1.807, 2.05) is 35.4 Å². The van der Waals surface area contributed by atoms with Gasteiger partial charge in [0.05, 0.1) is 0 Å². The molecule has 0 saturated carbocycles. The molecule has 1 saturated heterocycles. The summed E-state index contributed by atoms with van der Waals surface area (Å²) in [6, 6.07) is 7.81. The van der Waals surface area contributed by atoms with Crippen LogP contribution in [0.4, 0.5) is 0 Å². The van der Waals surface area contributed by atoms with Gasteiger partial charge in [-0.2, -0.15) is 0 Å². The summed E-state index contributed by atoms with van der Waals surface area (Å²) in [5.41, 5.74) is 5.65. The first-order valence-electron chi connectivity index (χ1n) is 6.93. The fraction of sp³-hybridized carbons (Fsp3) is 0.533. The second-order valence-electron chi connectivity index (χ2n) is 5.11. The molecule has 2 unspecified atom stereocenters. The molecule has 1 heterocycles. The summed E-state index contributed by atoms with van der Waals surface area (Å²) in [5.74, 6) is 1.22. The Morgan fingerprint density at radius 1 is 1.50 bits per heavy atom. The molecule has 1 amide bonds. The number of likely N-dealkylation sites (tertiary alicyclic amines) is 1. The Hall–Kier alpha value is -1.20. The van der Waals surface area contributed by atoms with Crippen molar-refractivity contribution in [3.8, 4) is 5.75 Å². The number of thioether (sulfide) groups is 1. The molecule has 1 aromatic rings. The Morgan fingerprint density at radius 3 is 2.75 bits per heavy atom. The number of hydrogen-bond donors (Lipinski definition) is 1. The smallest absolute Gasteiger partial charge is 0.263 e. The first-order chi connectivity index (χ1) is 9.63. The summed E-state index contributed by atoms with van der Waals surface area (Å²) in [6.45, 7) is 4.00. The third kappa shape index (κ3) is 3.67. The van der Waals surface area contributed by atoms with Crippen molar-refractivity contribution in [1.82, 2.24) is 4.90 Å². The number of nitrogens with zero attached hydrogens (tertiary/aromatic N) is 1. The number of carbonyl (C=O) groups is 1. The molecule has 5 heteroatoms. The topological polar surface area (TPSA) is 55.6 Å². The number of ether oxygens (including phenoxy) is 1. The average molecular weight is 294 g/mol. The zero-order chi connectivity index (χ0) is 14.5. The summed E-state index contributed by atoms with van der Waals surface area (Å²) in [6.07, 6.45) is 2.58. The monoisotopic (exact) mass is 294 g/mol. The van der Waals surface area contributed by atoms with Gasteiger partial charge in [0.1, 0.15) is 5.75 Å². The number of carbonyl (C=O) groups excluding carboxylic acids is 1. The van der Waals surface area contributed by atoms with Crippen LogP contribution >= 0.6 is 11.8 Å². The van der Waals surface area contributed by atoms with Gasteiger partial charge in [-0.1, -0.05) is 0 Å². The lowest BCUT2D eigenvalue weighted by Crippen LogP contribution is -2.39. The molecule has 1 aliphatic rings. The number of rotatable bonds is 5. The zero-order valence-electron chi connectivity index (χ0n) is 12.0. The van der Waals surface area contributed by atoms with E-state index in [-0.39, 0.29) is 5.91 Å². The molecule has 0 aliphatic carbocycles. The van der Waals surface area contributed by atoms with Crippen LogP contribution in [-0.4, -0.2) is 42.8 Å². The molecule has 0 aromatic heterocycles. The third-order valence-corrected chi connectivity index (χ3v) is 4.39. The minimum Gasteiger partial charge on any atom is -0.481 e. The predicted molar refractivity (Wildman–Crippen MR) is 82.1 cm³/mol. The Morgan fingerprint density at radius 2 is 2.20 bits per heavy atom. The molecule has 2 atom stereocenters. The molecule has 2 N–H and O–H groups in total. The van der Waals surface area contributed by atoms with Crippen molar-refractivity contribution in [1.29, 1.82) is 0 Å². The fourth-order valence-electron chi connectivity index (χ4n) is 2.39. The van der Waals surface area contributed by atoms with Crippen LogP contribution in [0.1, 0.15) is 13.3 Å². The Balaban J connectivity index is 1.90. The van der Waals surface area contributed by atoms with Crippen LogP contribution in [0, 0.1) is 5.92 Å². The van der Waals surface area contributed by atoms with Gasteiger partial charge in [-0.25, -0.2) is 0 Å². The molecule has 0 spiro atoms. The van der Waals surface area contributed by atoms with Crippen LogP contribution < -0.4 is 10.5 Å². The largest absolute Gasteiger partial charge is 0.481 e. The maximum Gasteiger partial charge on any atom is 0.263 e. The zero-order valence-corrected chi connectivity index (χ0v) is 12.9. The molecule has 2 rings (SSSR count). The van der Waals surface area contributed by atoms with Gasteiger partial charge in [0, 0.05) is 18.0 Å². The summed E-state index contributed by atoms with van der Waals surface area (Å²) in [5, 5.41) is 0. The van der Waals surface area contributed by atoms with E-state index in [1.54, 1.807) is 18.7 Å². The first-order valence-corrected chi connectivity index (χ1v) is 8.16. The van der Waals surface area contributed by atoms with Gasteiger partial charge in [0.2, 0.25) is 0 Å². The number of nitrogens with two attached hydrogens (primary N) is 1. The highest BCUT2D eigenvalue weighted by molar-refractivity contribution is 7.98. The highest BCUT2D eigenvalue weighted by Gasteiger charge is 2.29. The number of benzene rings is 1. The third-order valence-electron chi connectivity index (χ3n) is 3.65. The van der Waals surface area contributed by atoms with Gasteiger partial charge < -0.3 is 15.4 Å². The average Bonchev–Trinajstić information content (AvgIpc) is 2.96. The highest BCUT2D eigenvalue weighted by Crippen LogP contribution is 2.21. The van der Waals surface area contributed by atoms with Gasteiger partial charge in [-0.15, -0.1) is 11.8 Å². The predicted octanol–water partition coefficient (Wildman–Crippen LogP) is 1.98. The van der Waals surface area contributed by atoms with E-state index < -0.39 is 6.10 Å². The maximum atomic E-state index is 12.3. The van der Waals surface area contributed by atoms with E-state index >= 15 is 0 Å². The van der Waals surface area contributed by atoms with E-state index in [0.717, 1.165) is 25.3 Å². The van der Waals surface area contributed by atoms with E-state index in [2.05, 4.69) is 0 Å². The Labute approximate surface area is 124 Å². The Kier molecular flexibility index (Phi) is 5.31. The molecule has 4 nitrogen and oxygen atoms in total. The summed E-state index contributed by atoms with van der Waals surface area (Å²) < 4.78 is 5.73. The summed E-state index contributed by atoms with van der Waals surface area (Å²) >= 11 is 1.68. The van der Waals surface area contributed by atoms with E-state index in [0.29, 0.717) is 12.5 Å².